The Morgan fingerprint density at radius 1 is 1.19 bits per heavy atom. The van der Waals surface area contributed by atoms with Crippen molar-refractivity contribution in [3.05, 3.63) is 18.8 Å². The van der Waals surface area contributed by atoms with Gasteiger partial charge in [0.1, 0.15) is 0 Å². The number of hydrogen-bond acceptors (Lipinski definition) is 5. The van der Waals surface area contributed by atoms with Gasteiger partial charge in [-0.25, -0.2) is 0 Å². The summed E-state index contributed by atoms with van der Waals surface area (Å²) in [4.78, 5) is 21.9. The SMILES string of the molecule is C.CC.CC.[CH2-]NC(=O)c1nnc(CNC(=O)CC)o1.[W]. The molecule has 0 aliphatic rings. The van der Waals surface area contributed by atoms with Crippen molar-refractivity contribution in [1.29, 1.82) is 0 Å². The Kier molecular flexibility index (Phi) is 25.0. The average molecular weight is 471 g/mol. The van der Waals surface area contributed by atoms with Crippen molar-refractivity contribution >= 4 is 11.8 Å². The Labute approximate surface area is 141 Å². The molecule has 0 aliphatic heterocycles. The van der Waals surface area contributed by atoms with E-state index in [1.807, 2.05) is 27.7 Å². The molecule has 7 nitrogen and oxygen atoms in total. The van der Waals surface area contributed by atoms with E-state index in [9.17, 15) is 9.59 Å². The van der Waals surface area contributed by atoms with Crippen LogP contribution in [0.25, 0.3) is 0 Å². The van der Waals surface area contributed by atoms with Crippen LogP contribution in [0.1, 0.15) is 65.0 Å². The van der Waals surface area contributed by atoms with E-state index in [-0.39, 0.29) is 52.7 Å². The molecule has 0 saturated carbocycles. The summed E-state index contributed by atoms with van der Waals surface area (Å²) in [7, 11) is 3.16. The van der Waals surface area contributed by atoms with Gasteiger partial charge in [0, 0.05) is 27.5 Å². The summed E-state index contributed by atoms with van der Waals surface area (Å²) >= 11 is 0. The molecule has 2 amide bonds. The van der Waals surface area contributed by atoms with E-state index < -0.39 is 5.91 Å². The Hall–Kier alpha value is -1.23. The molecule has 0 aromatic carbocycles. The number of nitrogens with one attached hydrogen (secondary N) is 2. The topological polar surface area (TPSA) is 97.1 Å². The summed E-state index contributed by atoms with van der Waals surface area (Å²) in [5.41, 5.74) is 0. The molecular formula is C13H27N4O3W-. The van der Waals surface area contributed by atoms with Gasteiger partial charge in [-0.15, -0.1) is 10.2 Å². The maximum atomic E-state index is 11.0. The number of hydrogen-bond donors (Lipinski definition) is 2. The molecule has 0 unspecified atom stereocenters. The minimum Gasteiger partial charge on any atom is -0.500 e. The van der Waals surface area contributed by atoms with Gasteiger partial charge in [-0.05, 0) is 0 Å². The van der Waals surface area contributed by atoms with Crippen molar-refractivity contribution in [3.8, 4) is 0 Å². The molecule has 21 heavy (non-hydrogen) atoms. The van der Waals surface area contributed by atoms with Crippen molar-refractivity contribution in [2.24, 2.45) is 0 Å². The summed E-state index contributed by atoms with van der Waals surface area (Å²) in [6, 6.07) is 0. The van der Waals surface area contributed by atoms with Crippen LogP contribution in [0.5, 0.6) is 0 Å². The van der Waals surface area contributed by atoms with Gasteiger partial charge in [0.25, 0.3) is 5.91 Å². The predicted molar refractivity (Wildman–Crippen MR) is 78.7 cm³/mol. The summed E-state index contributed by atoms with van der Waals surface area (Å²) in [6.45, 7) is 9.84. The van der Waals surface area contributed by atoms with Crippen LogP contribution in [-0.4, -0.2) is 22.0 Å². The third kappa shape index (κ3) is 12.2. The van der Waals surface area contributed by atoms with Crippen LogP contribution in [-0.2, 0) is 32.4 Å². The molecule has 1 aromatic rings. The smallest absolute Gasteiger partial charge is 0.303 e. The minimum absolute atomic E-state index is 0. The van der Waals surface area contributed by atoms with Crippen LogP contribution in [0.2, 0.25) is 0 Å². The zero-order valence-electron chi connectivity index (χ0n) is 12.6. The largest absolute Gasteiger partial charge is 0.500 e. The van der Waals surface area contributed by atoms with Crippen LogP contribution < -0.4 is 10.6 Å². The van der Waals surface area contributed by atoms with Crippen molar-refractivity contribution in [3.63, 3.8) is 0 Å². The van der Waals surface area contributed by atoms with E-state index in [4.69, 9.17) is 4.42 Å². The Morgan fingerprint density at radius 3 is 2.14 bits per heavy atom. The van der Waals surface area contributed by atoms with E-state index in [1.165, 1.54) is 0 Å². The number of carbonyl (C=O) groups is 2. The number of amides is 2. The monoisotopic (exact) mass is 471 g/mol. The van der Waals surface area contributed by atoms with Crippen LogP contribution >= 0.6 is 0 Å². The molecule has 0 aliphatic carbocycles. The molecule has 8 heteroatoms. The van der Waals surface area contributed by atoms with Gasteiger partial charge in [0.15, 0.2) is 0 Å². The molecule has 1 aromatic heterocycles. The standard InChI is InChI=1S/C8H11N4O3.2C2H6.CH4.W/c1-3-5(13)10-4-6-11-12-8(15-6)7(14)9-2;2*1-2;;/h2-4H2,1H3,(H,9,14)(H,10,13);2*1-2H3;1H4;/q-1;;;;. The van der Waals surface area contributed by atoms with Crippen LogP contribution in [0.15, 0.2) is 4.42 Å². The molecule has 124 valence electrons. The molecule has 0 atom stereocenters. The first-order valence-electron chi connectivity index (χ1n) is 6.34. The molecule has 1 heterocycles. The molecule has 0 radical (unpaired) electrons. The van der Waals surface area contributed by atoms with Gasteiger partial charge in [-0.1, -0.05) is 42.0 Å². The predicted octanol–water partition coefficient (Wildman–Crippen LogP) is 2.30. The average Bonchev–Trinajstić information content (AvgIpc) is 2.97. The number of nitrogens with zero attached hydrogens (tertiary/aromatic N) is 2. The van der Waals surface area contributed by atoms with Crippen LogP contribution in [0.3, 0.4) is 0 Å². The Morgan fingerprint density at radius 2 is 1.71 bits per heavy atom. The maximum Gasteiger partial charge on any atom is 0.303 e. The molecular weight excluding hydrogens is 444 g/mol. The second-order valence-corrected chi connectivity index (χ2v) is 2.64. The van der Waals surface area contributed by atoms with Crippen LogP contribution in [0.4, 0.5) is 0 Å². The summed E-state index contributed by atoms with van der Waals surface area (Å²) in [5, 5.41) is 11.7. The van der Waals surface area contributed by atoms with E-state index >= 15 is 0 Å². The normalized spacial score (nSPS) is 7.52. The summed E-state index contributed by atoms with van der Waals surface area (Å²) in [6.07, 6.45) is 0.375. The van der Waals surface area contributed by atoms with E-state index in [0.717, 1.165) is 0 Å². The van der Waals surface area contributed by atoms with Gasteiger partial charge in [-0.3, -0.25) is 16.6 Å². The third-order valence-electron chi connectivity index (χ3n) is 1.58. The molecule has 2 N–H and O–H groups in total. The Balaban J connectivity index is -0.000000221. The summed E-state index contributed by atoms with van der Waals surface area (Å²) < 4.78 is 4.94. The van der Waals surface area contributed by atoms with Gasteiger partial charge >= 0.3 is 5.89 Å². The van der Waals surface area contributed by atoms with Gasteiger partial charge in [-0.2, -0.15) is 0 Å². The molecule has 0 spiro atoms. The van der Waals surface area contributed by atoms with E-state index in [1.54, 1.807) is 6.92 Å². The maximum absolute atomic E-state index is 11.0. The fourth-order valence-corrected chi connectivity index (χ4v) is 0.792. The first-order chi connectivity index (χ1) is 9.17. The van der Waals surface area contributed by atoms with Gasteiger partial charge in [0.05, 0.1) is 6.54 Å². The van der Waals surface area contributed by atoms with Gasteiger partial charge < -0.3 is 15.1 Å². The fourth-order valence-electron chi connectivity index (χ4n) is 0.792. The first-order valence-corrected chi connectivity index (χ1v) is 6.34. The molecule has 0 bridgehead atoms. The van der Waals surface area contributed by atoms with Crippen molar-refractivity contribution in [2.45, 2.75) is 55.0 Å². The van der Waals surface area contributed by atoms with Crippen molar-refractivity contribution in [2.75, 3.05) is 0 Å². The zero-order chi connectivity index (χ0) is 15.3. The molecule has 1 rings (SSSR count). The van der Waals surface area contributed by atoms with Gasteiger partial charge in [0.2, 0.25) is 11.8 Å². The van der Waals surface area contributed by atoms with Crippen molar-refractivity contribution in [1.82, 2.24) is 20.8 Å². The fraction of sp³-hybridized carbons (Fsp3) is 0.615. The Bertz CT molecular complexity index is 370. The summed E-state index contributed by atoms with van der Waals surface area (Å²) in [5.74, 6) is -0.687. The number of carbonyl (C=O) groups excluding carboxylic acids is 2. The van der Waals surface area contributed by atoms with Crippen molar-refractivity contribution < 1.29 is 35.1 Å². The quantitative estimate of drug-likeness (QED) is 0.658. The van der Waals surface area contributed by atoms with Crippen LogP contribution in [0, 0.1) is 7.05 Å². The second kappa shape index (κ2) is 18.8. The van der Waals surface area contributed by atoms with E-state index in [2.05, 4.69) is 27.9 Å². The third-order valence-corrected chi connectivity index (χ3v) is 1.58. The zero-order valence-corrected chi connectivity index (χ0v) is 15.6. The first kappa shape index (κ1) is 28.0. The minimum atomic E-state index is -0.560. The second-order valence-electron chi connectivity index (χ2n) is 2.64. The molecule has 0 saturated heterocycles. The number of rotatable bonds is 4. The molecule has 0 fully saturated rings. The number of aromatic nitrogens is 2. The van der Waals surface area contributed by atoms with E-state index in [0.29, 0.717) is 6.42 Å².